The smallest absolute Gasteiger partial charge is 0.243 e. The van der Waals surface area contributed by atoms with E-state index in [1.54, 1.807) is 6.92 Å². The van der Waals surface area contributed by atoms with E-state index < -0.39 is 15.8 Å². The summed E-state index contributed by atoms with van der Waals surface area (Å²) >= 11 is 0. The topological polar surface area (TPSA) is 49.4 Å². The average Bonchev–Trinajstić information content (AvgIpc) is 2.32. The number of nitrogens with zero attached hydrogens (tertiary/aromatic N) is 1. The number of hydrogen-bond acceptors (Lipinski definition) is 3. The van der Waals surface area contributed by atoms with Gasteiger partial charge in [0.25, 0.3) is 0 Å². The van der Waals surface area contributed by atoms with Crippen molar-refractivity contribution < 1.29 is 12.8 Å². The lowest BCUT2D eigenvalue weighted by molar-refractivity contribution is 0.283. The third-order valence-electron chi connectivity index (χ3n) is 3.18. The van der Waals surface area contributed by atoms with Gasteiger partial charge in [-0.15, -0.1) is 0 Å². The Morgan fingerprint density at radius 2 is 2.17 bits per heavy atom. The second-order valence-electron chi connectivity index (χ2n) is 4.58. The third-order valence-corrected chi connectivity index (χ3v) is 5.33. The van der Waals surface area contributed by atoms with Gasteiger partial charge in [0.05, 0.1) is 4.90 Å². The van der Waals surface area contributed by atoms with Gasteiger partial charge in [-0.1, -0.05) is 6.07 Å². The first-order chi connectivity index (χ1) is 8.43. The van der Waals surface area contributed by atoms with Crippen LogP contribution >= 0.6 is 0 Å². The molecule has 100 valence electrons. The minimum Gasteiger partial charge on any atom is -0.314 e. The summed E-state index contributed by atoms with van der Waals surface area (Å²) in [6.45, 7) is 5.18. The van der Waals surface area contributed by atoms with E-state index in [2.05, 4.69) is 5.32 Å². The largest absolute Gasteiger partial charge is 0.314 e. The number of benzene rings is 1. The van der Waals surface area contributed by atoms with Crippen molar-refractivity contribution in [2.45, 2.75) is 24.8 Å². The zero-order valence-corrected chi connectivity index (χ0v) is 11.3. The van der Waals surface area contributed by atoms with E-state index in [1.165, 1.54) is 16.4 Å². The zero-order chi connectivity index (χ0) is 13.3. The third kappa shape index (κ3) is 2.41. The fourth-order valence-electron chi connectivity index (χ4n) is 2.16. The first-order valence-corrected chi connectivity index (χ1v) is 7.35. The molecule has 6 heteroatoms. The van der Waals surface area contributed by atoms with Crippen LogP contribution in [0.4, 0.5) is 4.39 Å². The minimum atomic E-state index is -3.61. The molecule has 18 heavy (non-hydrogen) atoms. The molecule has 1 heterocycles. The van der Waals surface area contributed by atoms with Gasteiger partial charge in [0.15, 0.2) is 0 Å². The van der Waals surface area contributed by atoms with Gasteiger partial charge in [-0.25, -0.2) is 12.8 Å². The van der Waals surface area contributed by atoms with Crippen molar-refractivity contribution in [1.29, 1.82) is 0 Å². The van der Waals surface area contributed by atoms with Crippen LogP contribution in [0.25, 0.3) is 0 Å². The van der Waals surface area contributed by atoms with Crippen LogP contribution < -0.4 is 5.32 Å². The average molecular weight is 272 g/mol. The minimum absolute atomic E-state index is 0.0660. The molecule has 1 aliphatic heterocycles. The number of sulfonamides is 1. The van der Waals surface area contributed by atoms with Crippen LogP contribution in [0.1, 0.15) is 12.5 Å². The van der Waals surface area contributed by atoms with Crippen molar-refractivity contribution in [3.8, 4) is 0 Å². The summed E-state index contributed by atoms with van der Waals surface area (Å²) in [7, 11) is -3.61. The maximum absolute atomic E-state index is 13.2. The molecular weight excluding hydrogens is 255 g/mol. The molecule has 4 nitrogen and oxygen atoms in total. The number of nitrogens with one attached hydrogen (secondary N) is 1. The summed E-state index contributed by atoms with van der Waals surface area (Å²) in [6.07, 6.45) is 0. The normalized spacial score (nSPS) is 22.1. The highest BCUT2D eigenvalue weighted by Crippen LogP contribution is 2.23. The van der Waals surface area contributed by atoms with E-state index in [4.69, 9.17) is 0 Å². The highest BCUT2D eigenvalue weighted by atomic mass is 32.2. The maximum atomic E-state index is 13.2. The van der Waals surface area contributed by atoms with E-state index in [1.807, 2.05) is 6.92 Å². The Kier molecular flexibility index (Phi) is 3.70. The van der Waals surface area contributed by atoms with Gasteiger partial charge < -0.3 is 5.32 Å². The quantitative estimate of drug-likeness (QED) is 0.877. The fourth-order valence-corrected chi connectivity index (χ4v) is 4.03. The SMILES string of the molecule is Cc1ccc(F)cc1S(=O)(=O)N1CCNC[C@H]1C. The van der Waals surface area contributed by atoms with E-state index >= 15 is 0 Å². The van der Waals surface area contributed by atoms with Crippen LogP contribution in [0.2, 0.25) is 0 Å². The molecule has 1 aromatic rings. The molecule has 0 aliphatic carbocycles. The monoisotopic (exact) mass is 272 g/mol. The van der Waals surface area contributed by atoms with Crippen molar-refractivity contribution in [1.82, 2.24) is 9.62 Å². The Morgan fingerprint density at radius 3 is 2.83 bits per heavy atom. The molecule has 1 fully saturated rings. The van der Waals surface area contributed by atoms with E-state index in [9.17, 15) is 12.8 Å². The van der Waals surface area contributed by atoms with Crippen molar-refractivity contribution in [3.05, 3.63) is 29.6 Å². The van der Waals surface area contributed by atoms with Crippen LogP contribution in [-0.2, 0) is 10.0 Å². The number of rotatable bonds is 2. The molecule has 0 unspecified atom stereocenters. The second-order valence-corrected chi connectivity index (χ2v) is 6.44. The zero-order valence-electron chi connectivity index (χ0n) is 10.5. The molecule has 0 radical (unpaired) electrons. The number of piperazine rings is 1. The predicted molar refractivity (Wildman–Crippen MR) is 67.4 cm³/mol. The highest BCUT2D eigenvalue weighted by Gasteiger charge is 2.32. The van der Waals surface area contributed by atoms with Crippen molar-refractivity contribution in [2.75, 3.05) is 19.6 Å². The lowest BCUT2D eigenvalue weighted by atomic mass is 10.2. The standard InChI is InChI=1S/C12H17FN2O2S/c1-9-3-4-11(13)7-12(9)18(16,17)15-6-5-14-8-10(15)2/h3-4,7,10,14H,5-6,8H2,1-2H3/t10-/m1/s1. The maximum Gasteiger partial charge on any atom is 0.243 e. The molecule has 1 N–H and O–H groups in total. The Labute approximate surface area is 107 Å². The summed E-state index contributed by atoms with van der Waals surface area (Å²) in [6, 6.07) is 3.75. The fraction of sp³-hybridized carbons (Fsp3) is 0.500. The van der Waals surface area contributed by atoms with Gasteiger partial charge in [0, 0.05) is 25.7 Å². The van der Waals surface area contributed by atoms with Gasteiger partial charge >= 0.3 is 0 Å². The highest BCUT2D eigenvalue weighted by molar-refractivity contribution is 7.89. The van der Waals surface area contributed by atoms with E-state index in [0.717, 1.165) is 6.07 Å². The second kappa shape index (κ2) is 4.95. The molecule has 0 spiro atoms. The molecule has 1 aromatic carbocycles. The van der Waals surface area contributed by atoms with Crippen LogP contribution in [0, 0.1) is 12.7 Å². The van der Waals surface area contributed by atoms with E-state index in [-0.39, 0.29) is 10.9 Å². The molecule has 1 atom stereocenters. The van der Waals surface area contributed by atoms with Crippen LogP contribution in [0.5, 0.6) is 0 Å². The van der Waals surface area contributed by atoms with Crippen molar-refractivity contribution in [2.24, 2.45) is 0 Å². The summed E-state index contributed by atoms with van der Waals surface area (Å²) in [5.74, 6) is -0.526. The number of hydrogen-bond donors (Lipinski definition) is 1. The first kappa shape index (κ1) is 13.5. The van der Waals surface area contributed by atoms with Gasteiger partial charge in [0.1, 0.15) is 5.82 Å². The Hall–Kier alpha value is -0.980. The van der Waals surface area contributed by atoms with Crippen LogP contribution in [0.3, 0.4) is 0 Å². The van der Waals surface area contributed by atoms with Crippen molar-refractivity contribution >= 4 is 10.0 Å². The molecule has 1 saturated heterocycles. The Morgan fingerprint density at radius 1 is 1.44 bits per heavy atom. The van der Waals surface area contributed by atoms with E-state index in [0.29, 0.717) is 25.2 Å². The number of aryl methyl sites for hydroxylation is 1. The lowest BCUT2D eigenvalue weighted by Crippen LogP contribution is -2.52. The van der Waals surface area contributed by atoms with Crippen LogP contribution in [-0.4, -0.2) is 38.4 Å². The molecule has 0 bridgehead atoms. The van der Waals surface area contributed by atoms with Gasteiger partial charge in [0.2, 0.25) is 10.0 Å². The van der Waals surface area contributed by atoms with Crippen molar-refractivity contribution in [3.63, 3.8) is 0 Å². The molecular formula is C12H17FN2O2S. The Bertz CT molecular complexity index is 545. The molecule has 1 aliphatic rings. The van der Waals surface area contributed by atoms with Gasteiger partial charge in [-0.05, 0) is 31.5 Å². The van der Waals surface area contributed by atoms with Gasteiger partial charge in [-0.2, -0.15) is 4.31 Å². The summed E-state index contributed by atoms with van der Waals surface area (Å²) in [5, 5.41) is 3.13. The number of halogens is 1. The Balaban J connectivity index is 2.44. The molecule has 0 aromatic heterocycles. The summed E-state index contributed by atoms with van der Waals surface area (Å²) in [5.41, 5.74) is 0.571. The lowest BCUT2D eigenvalue weighted by Gasteiger charge is -2.33. The summed E-state index contributed by atoms with van der Waals surface area (Å²) < 4.78 is 39.7. The molecule has 2 rings (SSSR count). The van der Waals surface area contributed by atoms with Gasteiger partial charge in [-0.3, -0.25) is 0 Å². The predicted octanol–water partition coefficient (Wildman–Crippen LogP) is 1.12. The molecule has 0 saturated carbocycles. The molecule has 0 amide bonds. The first-order valence-electron chi connectivity index (χ1n) is 5.91. The summed E-state index contributed by atoms with van der Waals surface area (Å²) in [4.78, 5) is 0.0660. The van der Waals surface area contributed by atoms with Crippen LogP contribution in [0.15, 0.2) is 23.1 Å².